The minimum Gasteiger partial charge on any atom is -0.334 e. The Balaban J connectivity index is 1.54. The number of aromatic nitrogens is 6. The standard InChI is InChI=1S/C14H9FN6OS/c15-11-3-1-2-9(6-11)13-17-20-21(18-13)7-12-16-14(22-19-12)10-4-5-23-8-10/h1-6,8H,7H2. The normalized spacial score (nSPS) is 11.0. The van der Waals surface area contributed by atoms with Crippen molar-refractivity contribution in [3.63, 3.8) is 0 Å². The molecule has 4 rings (SSSR count). The topological polar surface area (TPSA) is 82.5 Å². The molecule has 0 bridgehead atoms. The minimum atomic E-state index is -0.350. The summed E-state index contributed by atoms with van der Waals surface area (Å²) in [5, 5.41) is 19.8. The average molecular weight is 328 g/mol. The van der Waals surface area contributed by atoms with E-state index in [1.165, 1.54) is 16.9 Å². The van der Waals surface area contributed by atoms with Crippen LogP contribution in [0.4, 0.5) is 4.39 Å². The minimum absolute atomic E-state index is 0.218. The van der Waals surface area contributed by atoms with E-state index in [4.69, 9.17) is 4.52 Å². The predicted octanol–water partition coefficient (Wildman–Crippen LogP) is 2.64. The van der Waals surface area contributed by atoms with Gasteiger partial charge >= 0.3 is 0 Å². The second-order valence-electron chi connectivity index (χ2n) is 4.68. The molecule has 3 aromatic heterocycles. The van der Waals surface area contributed by atoms with Crippen LogP contribution >= 0.6 is 11.3 Å². The smallest absolute Gasteiger partial charge is 0.258 e. The third-order valence-electron chi connectivity index (χ3n) is 3.05. The van der Waals surface area contributed by atoms with Crippen LogP contribution in [-0.4, -0.2) is 30.3 Å². The Morgan fingerprint density at radius 3 is 3.00 bits per heavy atom. The van der Waals surface area contributed by atoms with Gasteiger partial charge in [-0.3, -0.25) is 0 Å². The molecule has 0 spiro atoms. The fourth-order valence-corrected chi connectivity index (χ4v) is 2.63. The Bertz CT molecular complexity index is 932. The van der Waals surface area contributed by atoms with Gasteiger partial charge in [-0.05, 0) is 28.8 Å². The molecule has 0 saturated carbocycles. The van der Waals surface area contributed by atoms with Crippen LogP contribution in [0.15, 0.2) is 45.6 Å². The third-order valence-corrected chi connectivity index (χ3v) is 3.74. The van der Waals surface area contributed by atoms with Crippen LogP contribution in [0.1, 0.15) is 5.82 Å². The predicted molar refractivity (Wildman–Crippen MR) is 79.9 cm³/mol. The second kappa shape index (κ2) is 5.69. The Morgan fingerprint density at radius 1 is 1.22 bits per heavy atom. The van der Waals surface area contributed by atoms with Gasteiger partial charge in [0.05, 0.1) is 5.56 Å². The summed E-state index contributed by atoms with van der Waals surface area (Å²) < 4.78 is 18.4. The van der Waals surface area contributed by atoms with Crippen molar-refractivity contribution in [2.75, 3.05) is 0 Å². The molecule has 0 amide bonds. The zero-order chi connectivity index (χ0) is 15.6. The number of halogens is 1. The van der Waals surface area contributed by atoms with Gasteiger partial charge in [-0.1, -0.05) is 17.3 Å². The van der Waals surface area contributed by atoms with E-state index < -0.39 is 0 Å². The molecule has 0 radical (unpaired) electrons. The van der Waals surface area contributed by atoms with Crippen molar-refractivity contribution >= 4 is 11.3 Å². The molecule has 1 aromatic carbocycles. The van der Waals surface area contributed by atoms with Crippen molar-refractivity contribution in [2.24, 2.45) is 0 Å². The molecule has 0 aliphatic carbocycles. The Hall–Kier alpha value is -2.94. The van der Waals surface area contributed by atoms with E-state index in [0.717, 1.165) is 5.56 Å². The van der Waals surface area contributed by atoms with Crippen molar-refractivity contribution in [3.8, 4) is 22.8 Å². The first-order chi connectivity index (χ1) is 11.3. The fourth-order valence-electron chi connectivity index (χ4n) is 2.00. The van der Waals surface area contributed by atoms with E-state index in [9.17, 15) is 4.39 Å². The third kappa shape index (κ3) is 2.86. The quantitative estimate of drug-likeness (QED) is 0.573. The van der Waals surface area contributed by atoms with Crippen molar-refractivity contribution in [1.29, 1.82) is 0 Å². The van der Waals surface area contributed by atoms with Gasteiger partial charge in [0.1, 0.15) is 12.4 Å². The molecule has 23 heavy (non-hydrogen) atoms. The van der Waals surface area contributed by atoms with E-state index in [-0.39, 0.29) is 12.4 Å². The number of nitrogens with zero attached hydrogens (tertiary/aromatic N) is 6. The summed E-state index contributed by atoms with van der Waals surface area (Å²) in [6, 6.07) is 7.92. The molecule has 0 unspecified atom stereocenters. The summed E-state index contributed by atoms with van der Waals surface area (Å²) in [6.45, 7) is 0.218. The van der Waals surface area contributed by atoms with Crippen LogP contribution in [-0.2, 0) is 6.54 Å². The number of tetrazole rings is 1. The molecule has 4 aromatic rings. The molecule has 3 heterocycles. The molecule has 0 atom stereocenters. The number of rotatable bonds is 4. The van der Waals surface area contributed by atoms with Gasteiger partial charge in [-0.15, -0.1) is 10.2 Å². The van der Waals surface area contributed by atoms with Gasteiger partial charge in [-0.25, -0.2) is 4.39 Å². The lowest BCUT2D eigenvalue weighted by atomic mass is 10.2. The average Bonchev–Trinajstić information content (AvgIpc) is 3.29. The maximum Gasteiger partial charge on any atom is 0.258 e. The van der Waals surface area contributed by atoms with E-state index in [1.54, 1.807) is 23.5 Å². The lowest BCUT2D eigenvalue weighted by Gasteiger charge is -1.94. The largest absolute Gasteiger partial charge is 0.334 e. The maximum absolute atomic E-state index is 13.2. The van der Waals surface area contributed by atoms with Crippen LogP contribution in [0, 0.1) is 5.82 Å². The van der Waals surface area contributed by atoms with Crippen LogP contribution < -0.4 is 0 Å². The van der Waals surface area contributed by atoms with Crippen LogP contribution in [0.5, 0.6) is 0 Å². The Morgan fingerprint density at radius 2 is 2.17 bits per heavy atom. The van der Waals surface area contributed by atoms with E-state index in [1.807, 2.05) is 16.8 Å². The van der Waals surface area contributed by atoms with Crippen molar-refractivity contribution in [2.45, 2.75) is 6.54 Å². The van der Waals surface area contributed by atoms with E-state index in [2.05, 4.69) is 25.6 Å². The number of hydrogen-bond donors (Lipinski definition) is 0. The molecule has 7 nitrogen and oxygen atoms in total. The van der Waals surface area contributed by atoms with Crippen molar-refractivity contribution in [1.82, 2.24) is 30.3 Å². The molecule has 0 aliphatic heterocycles. The lowest BCUT2D eigenvalue weighted by molar-refractivity contribution is 0.415. The maximum atomic E-state index is 13.2. The second-order valence-corrected chi connectivity index (χ2v) is 5.46. The van der Waals surface area contributed by atoms with E-state index >= 15 is 0 Å². The zero-order valence-electron chi connectivity index (χ0n) is 11.6. The van der Waals surface area contributed by atoms with Crippen molar-refractivity contribution < 1.29 is 8.91 Å². The highest BCUT2D eigenvalue weighted by Gasteiger charge is 2.12. The Kier molecular flexibility index (Phi) is 3.39. The summed E-state index contributed by atoms with van der Waals surface area (Å²) in [5.41, 5.74) is 1.43. The molecular formula is C14H9FN6OS. The molecule has 114 valence electrons. The highest BCUT2D eigenvalue weighted by Crippen LogP contribution is 2.20. The van der Waals surface area contributed by atoms with Gasteiger partial charge in [0.15, 0.2) is 5.82 Å². The first-order valence-electron chi connectivity index (χ1n) is 6.67. The van der Waals surface area contributed by atoms with Gasteiger partial charge in [0, 0.05) is 10.9 Å². The lowest BCUT2D eigenvalue weighted by Crippen LogP contribution is -2.05. The summed E-state index contributed by atoms with van der Waals surface area (Å²) in [4.78, 5) is 5.62. The number of thiophene rings is 1. The monoisotopic (exact) mass is 328 g/mol. The number of hydrogen-bond acceptors (Lipinski definition) is 7. The molecule has 0 aliphatic rings. The highest BCUT2D eigenvalue weighted by molar-refractivity contribution is 7.08. The molecule has 0 fully saturated rings. The van der Waals surface area contributed by atoms with Gasteiger partial charge < -0.3 is 4.52 Å². The SMILES string of the molecule is Fc1cccc(-c2nnn(Cc3noc(-c4ccsc4)n3)n2)c1. The summed E-state index contributed by atoms with van der Waals surface area (Å²) in [7, 11) is 0. The molecular weight excluding hydrogens is 319 g/mol. The Labute approximate surface area is 133 Å². The summed E-state index contributed by atoms with van der Waals surface area (Å²) >= 11 is 1.55. The van der Waals surface area contributed by atoms with Gasteiger partial charge in [-0.2, -0.15) is 21.1 Å². The summed E-state index contributed by atoms with van der Waals surface area (Å²) in [6.07, 6.45) is 0. The van der Waals surface area contributed by atoms with Crippen molar-refractivity contribution in [3.05, 3.63) is 52.7 Å². The fraction of sp³-hybridized carbons (Fsp3) is 0.0714. The van der Waals surface area contributed by atoms with Crippen LogP contribution in [0.25, 0.3) is 22.8 Å². The zero-order valence-corrected chi connectivity index (χ0v) is 12.4. The first-order valence-corrected chi connectivity index (χ1v) is 7.61. The molecule has 0 N–H and O–H groups in total. The molecule has 0 saturated heterocycles. The van der Waals surface area contributed by atoms with Gasteiger partial charge in [0.25, 0.3) is 5.89 Å². The van der Waals surface area contributed by atoms with Gasteiger partial charge in [0.2, 0.25) is 5.82 Å². The first kappa shape index (κ1) is 13.7. The highest BCUT2D eigenvalue weighted by atomic mass is 32.1. The molecule has 9 heteroatoms. The van der Waals surface area contributed by atoms with Crippen LogP contribution in [0.2, 0.25) is 0 Å². The number of benzene rings is 1. The van der Waals surface area contributed by atoms with E-state index in [0.29, 0.717) is 23.1 Å². The summed E-state index contributed by atoms with van der Waals surface area (Å²) in [5.74, 6) is 0.879. The van der Waals surface area contributed by atoms with Crippen LogP contribution in [0.3, 0.4) is 0 Å².